The van der Waals surface area contributed by atoms with Crippen molar-refractivity contribution in [3.8, 4) is 5.75 Å². The highest BCUT2D eigenvalue weighted by atomic mass is 16.5. The van der Waals surface area contributed by atoms with E-state index in [2.05, 4.69) is 45.6 Å². The van der Waals surface area contributed by atoms with Gasteiger partial charge in [-0.15, -0.1) is 6.58 Å². The Morgan fingerprint density at radius 1 is 1.08 bits per heavy atom. The van der Waals surface area contributed by atoms with Crippen LogP contribution in [-0.4, -0.2) is 25.9 Å². The van der Waals surface area contributed by atoms with E-state index in [1.165, 1.54) is 19.3 Å². The Hall–Kier alpha value is -1.32. The highest BCUT2D eigenvalue weighted by Crippen LogP contribution is 2.31. The number of hydrogen-bond acceptors (Lipinski definition) is 3. The second-order valence-corrected chi connectivity index (χ2v) is 7.98. The SMILES string of the molecule is C=C[C@H](CCC(C)C)[C@@H](OCC1CC1)[C@H](C)OCc1ccc(OC)cc1. The minimum absolute atomic E-state index is 0.0333. The first kappa shape index (κ1) is 21.0. The summed E-state index contributed by atoms with van der Waals surface area (Å²) in [5, 5.41) is 0. The third-order valence-corrected chi connectivity index (χ3v) is 5.16. The summed E-state index contributed by atoms with van der Waals surface area (Å²) in [6.07, 6.45) is 7.07. The molecule has 2 rings (SSSR count). The molecule has 0 radical (unpaired) electrons. The fraction of sp³-hybridized carbons (Fsp3) is 0.652. The van der Waals surface area contributed by atoms with Gasteiger partial charge in [-0.2, -0.15) is 0 Å². The highest BCUT2D eigenvalue weighted by Gasteiger charge is 2.30. The Kier molecular flexibility index (Phi) is 8.67. The zero-order valence-electron chi connectivity index (χ0n) is 16.9. The van der Waals surface area contributed by atoms with Crippen LogP contribution in [0.15, 0.2) is 36.9 Å². The van der Waals surface area contributed by atoms with Crippen LogP contribution < -0.4 is 4.74 Å². The number of rotatable bonds is 13. The molecule has 0 spiro atoms. The third kappa shape index (κ3) is 7.13. The van der Waals surface area contributed by atoms with Gasteiger partial charge in [0.1, 0.15) is 5.75 Å². The maximum absolute atomic E-state index is 6.32. The molecule has 0 N–H and O–H groups in total. The standard InChI is InChI=1S/C23H36O3/c1-6-21(12-7-17(2)3)23(26-16-19-8-9-19)18(4)25-15-20-10-13-22(24-5)14-11-20/h6,10-11,13-14,17-19,21,23H,1,7-9,12,15-16H2,2-5H3/t18-,21+,23-/m0/s1. The predicted octanol–water partition coefficient (Wildman–Crippen LogP) is 5.63. The molecule has 1 aliphatic carbocycles. The summed E-state index contributed by atoms with van der Waals surface area (Å²) < 4.78 is 17.7. The van der Waals surface area contributed by atoms with Gasteiger partial charge in [-0.05, 0) is 55.7 Å². The van der Waals surface area contributed by atoms with Crippen molar-refractivity contribution in [1.82, 2.24) is 0 Å². The first-order valence-corrected chi connectivity index (χ1v) is 10.0. The molecule has 1 aromatic carbocycles. The molecule has 3 atom stereocenters. The Morgan fingerprint density at radius 3 is 2.31 bits per heavy atom. The molecular formula is C23H36O3. The van der Waals surface area contributed by atoms with E-state index in [0.717, 1.165) is 30.3 Å². The van der Waals surface area contributed by atoms with Crippen molar-refractivity contribution in [2.75, 3.05) is 13.7 Å². The molecule has 146 valence electrons. The van der Waals surface area contributed by atoms with Gasteiger partial charge in [0.15, 0.2) is 0 Å². The molecule has 1 aromatic rings. The quantitative estimate of drug-likeness (QED) is 0.426. The van der Waals surface area contributed by atoms with Crippen molar-refractivity contribution in [2.24, 2.45) is 17.8 Å². The molecule has 3 heteroatoms. The number of hydrogen-bond donors (Lipinski definition) is 0. The zero-order chi connectivity index (χ0) is 18.9. The van der Waals surface area contributed by atoms with Gasteiger partial charge in [0.2, 0.25) is 0 Å². The van der Waals surface area contributed by atoms with Gasteiger partial charge >= 0.3 is 0 Å². The average Bonchev–Trinajstić information content (AvgIpc) is 3.47. The molecule has 0 amide bonds. The fourth-order valence-corrected chi connectivity index (χ4v) is 3.13. The molecule has 0 heterocycles. The van der Waals surface area contributed by atoms with Crippen LogP contribution in [0.1, 0.15) is 52.0 Å². The summed E-state index contributed by atoms with van der Waals surface area (Å²) in [5.41, 5.74) is 1.15. The summed E-state index contributed by atoms with van der Waals surface area (Å²) >= 11 is 0. The second-order valence-electron chi connectivity index (χ2n) is 7.98. The van der Waals surface area contributed by atoms with Crippen LogP contribution in [0.2, 0.25) is 0 Å². The van der Waals surface area contributed by atoms with E-state index in [1.54, 1.807) is 7.11 Å². The van der Waals surface area contributed by atoms with E-state index in [-0.39, 0.29) is 12.2 Å². The number of methoxy groups -OCH3 is 1. The van der Waals surface area contributed by atoms with Crippen LogP contribution in [0.5, 0.6) is 5.75 Å². The smallest absolute Gasteiger partial charge is 0.118 e. The number of ether oxygens (including phenoxy) is 3. The molecule has 26 heavy (non-hydrogen) atoms. The fourth-order valence-electron chi connectivity index (χ4n) is 3.13. The summed E-state index contributed by atoms with van der Waals surface area (Å²) in [6.45, 7) is 12.2. The Bertz CT molecular complexity index is 519. The minimum Gasteiger partial charge on any atom is -0.497 e. The van der Waals surface area contributed by atoms with Crippen LogP contribution in [0.3, 0.4) is 0 Å². The van der Waals surface area contributed by atoms with Gasteiger partial charge in [-0.3, -0.25) is 0 Å². The summed E-state index contributed by atoms with van der Waals surface area (Å²) in [7, 11) is 1.68. The molecule has 1 aliphatic rings. The van der Waals surface area contributed by atoms with Crippen molar-refractivity contribution >= 4 is 0 Å². The molecule has 0 saturated heterocycles. The topological polar surface area (TPSA) is 27.7 Å². The maximum Gasteiger partial charge on any atom is 0.118 e. The molecule has 0 aromatic heterocycles. The van der Waals surface area contributed by atoms with Crippen LogP contribution in [-0.2, 0) is 16.1 Å². The first-order valence-electron chi connectivity index (χ1n) is 10.0. The Labute approximate surface area is 159 Å². The largest absolute Gasteiger partial charge is 0.497 e. The lowest BCUT2D eigenvalue weighted by Gasteiger charge is -2.31. The summed E-state index contributed by atoms with van der Waals surface area (Å²) in [4.78, 5) is 0. The second kappa shape index (κ2) is 10.7. The van der Waals surface area contributed by atoms with Crippen molar-refractivity contribution in [3.05, 3.63) is 42.5 Å². The van der Waals surface area contributed by atoms with Gasteiger partial charge in [0.05, 0.1) is 25.9 Å². The van der Waals surface area contributed by atoms with Crippen molar-refractivity contribution in [2.45, 2.75) is 65.3 Å². The molecule has 0 unspecified atom stereocenters. The zero-order valence-corrected chi connectivity index (χ0v) is 16.9. The van der Waals surface area contributed by atoms with Gasteiger partial charge in [-0.25, -0.2) is 0 Å². The highest BCUT2D eigenvalue weighted by molar-refractivity contribution is 5.26. The molecular weight excluding hydrogens is 324 g/mol. The normalized spacial score (nSPS) is 17.7. The lowest BCUT2D eigenvalue weighted by molar-refractivity contribution is -0.0921. The van der Waals surface area contributed by atoms with E-state index in [0.29, 0.717) is 18.4 Å². The molecule has 1 saturated carbocycles. The van der Waals surface area contributed by atoms with E-state index in [4.69, 9.17) is 14.2 Å². The molecule has 0 bridgehead atoms. The van der Waals surface area contributed by atoms with E-state index < -0.39 is 0 Å². The van der Waals surface area contributed by atoms with Crippen molar-refractivity contribution in [3.63, 3.8) is 0 Å². The van der Waals surface area contributed by atoms with Crippen LogP contribution in [0.25, 0.3) is 0 Å². The first-order chi connectivity index (χ1) is 12.5. The summed E-state index contributed by atoms with van der Waals surface area (Å²) in [5.74, 6) is 2.65. The molecule has 3 nitrogen and oxygen atoms in total. The third-order valence-electron chi connectivity index (χ3n) is 5.16. The Morgan fingerprint density at radius 2 is 1.77 bits per heavy atom. The van der Waals surface area contributed by atoms with Crippen LogP contribution in [0, 0.1) is 17.8 Å². The average molecular weight is 361 g/mol. The van der Waals surface area contributed by atoms with Crippen molar-refractivity contribution in [1.29, 1.82) is 0 Å². The summed E-state index contributed by atoms with van der Waals surface area (Å²) in [6, 6.07) is 8.05. The molecule has 0 aliphatic heterocycles. The van der Waals surface area contributed by atoms with Crippen LogP contribution in [0.4, 0.5) is 0 Å². The van der Waals surface area contributed by atoms with E-state index >= 15 is 0 Å². The van der Waals surface area contributed by atoms with E-state index in [9.17, 15) is 0 Å². The molecule has 1 fully saturated rings. The Balaban J connectivity index is 1.93. The maximum atomic E-state index is 6.32. The lowest BCUT2D eigenvalue weighted by atomic mass is 9.90. The lowest BCUT2D eigenvalue weighted by Crippen LogP contribution is -2.36. The minimum atomic E-state index is 0.0333. The predicted molar refractivity (Wildman–Crippen MR) is 107 cm³/mol. The van der Waals surface area contributed by atoms with E-state index in [1.807, 2.05) is 12.1 Å². The monoisotopic (exact) mass is 360 g/mol. The van der Waals surface area contributed by atoms with Gasteiger partial charge in [-0.1, -0.05) is 38.5 Å². The van der Waals surface area contributed by atoms with Gasteiger partial charge in [0.25, 0.3) is 0 Å². The number of benzene rings is 1. The van der Waals surface area contributed by atoms with Crippen LogP contribution >= 0.6 is 0 Å². The van der Waals surface area contributed by atoms with Gasteiger partial charge < -0.3 is 14.2 Å². The van der Waals surface area contributed by atoms with Gasteiger partial charge in [0, 0.05) is 12.5 Å². The van der Waals surface area contributed by atoms with Crippen molar-refractivity contribution < 1.29 is 14.2 Å².